The van der Waals surface area contributed by atoms with Crippen molar-refractivity contribution < 1.29 is 9.53 Å². The van der Waals surface area contributed by atoms with E-state index in [0.29, 0.717) is 29.0 Å². The van der Waals surface area contributed by atoms with Gasteiger partial charge in [0.1, 0.15) is 6.61 Å². The van der Waals surface area contributed by atoms with Gasteiger partial charge in [-0.1, -0.05) is 36.4 Å². The second kappa shape index (κ2) is 7.49. The molecule has 0 spiro atoms. The highest BCUT2D eigenvalue weighted by atomic mass is 16.5. The van der Waals surface area contributed by atoms with Crippen LogP contribution in [0.15, 0.2) is 59.4 Å². The van der Waals surface area contributed by atoms with E-state index in [9.17, 15) is 9.59 Å². The molecule has 1 saturated heterocycles. The van der Waals surface area contributed by atoms with Gasteiger partial charge < -0.3 is 4.74 Å². The molecule has 4 rings (SSSR count). The molecule has 0 aromatic heterocycles. The predicted octanol–water partition coefficient (Wildman–Crippen LogP) is 3.99. The first kappa shape index (κ1) is 17.7. The Balaban J connectivity index is 1.57. The molecule has 0 saturated carbocycles. The number of likely N-dealkylation sites (tertiary alicyclic amines) is 1. The van der Waals surface area contributed by atoms with Crippen LogP contribution in [0, 0.1) is 0 Å². The Morgan fingerprint density at radius 2 is 1.85 bits per heavy atom. The van der Waals surface area contributed by atoms with E-state index in [1.54, 1.807) is 18.2 Å². The summed E-state index contributed by atoms with van der Waals surface area (Å²) >= 11 is 0. The molecule has 4 heteroatoms. The molecule has 138 valence electrons. The third-order valence-electron chi connectivity index (χ3n) is 5.48. The molecule has 4 nitrogen and oxygen atoms in total. The Bertz CT molecular complexity index is 1060. The van der Waals surface area contributed by atoms with Crippen LogP contribution in [-0.2, 0) is 4.74 Å². The average Bonchev–Trinajstić information content (AvgIpc) is 3.04. The minimum absolute atomic E-state index is 0.0199. The van der Waals surface area contributed by atoms with Gasteiger partial charge in [-0.3, -0.25) is 9.69 Å². The maximum atomic E-state index is 12.8. The van der Waals surface area contributed by atoms with Crippen LogP contribution in [0.4, 0.5) is 0 Å². The molecule has 1 atom stereocenters. The smallest absolute Gasteiger partial charge is 0.338 e. The Kier molecular flexibility index (Phi) is 4.90. The van der Waals surface area contributed by atoms with Gasteiger partial charge in [0.2, 0.25) is 0 Å². The van der Waals surface area contributed by atoms with Crippen LogP contribution in [0.2, 0.25) is 0 Å². The topological polar surface area (TPSA) is 46.6 Å². The highest BCUT2D eigenvalue weighted by Crippen LogP contribution is 2.18. The Morgan fingerprint density at radius 1 is 1.07 bits per heavy atom. The van der Waals surface area contributed by atoms with Gasteiger partial charge in [-0.25, -0.2) is 4.79 Å². The average molecular weight is 361 g/mol. The Labute approximate surface area is 158 Å². The molecule has 1 aliphatic rings. The van der Waals surface area contributed by atoms with E-state index in [4.69, 9.17) is 4.74 Å². The van der Waals surface area contributed by atoms with Crippen molar-refractivity contribution in [1.29, 1.82) is 0 Å². The number of carbonyl (C=O) groups excluding carboxylic acids is 1. The lowest BCUT2D eigenvalue weighted by molar-refractivity contribution is 0.0458. The standard InChI is InChI=1S/C23H23NO3/c1-16-5-4-12-24(16)13-14-27-23(26)19-10-11-21-18(15-19)9-8-17-6-2-3-7-20(17)22(21)25/h2-3,6-11,15-16H,4-5,12-14H2,1H3. The van der Waals surface area contributed by atoms with Crippen molar-refractivity contribution in [3.8, 4) is 0 Å². The van der Waals surface area contributed by atoms with E-state index in [2.05, 4.69) is 11.8 Å². The number of nitrogens with zero attached hydrogens (tertiary/aromatic N) is 1. The molecule has 3 aromatic carbocycles. The second-order valence-corrected chi connectivity index (χ2v) is 7.21. The number of rotatable bonds is 4. The van der Waals surface area contributed by atoms with Gasteiger partial charge in [0.25, 0.3) is 0 Å². The van der Waals surface area contributed by atoms with E-state index in [0.717, 1.165) is 23.9 Å². The lowest BCUT2D eigenvalue weighted by Crippen LogP contribution is -2.31. The number of fused-ring (bicyclic) bond motifs is 2. The number of carbonyl (C=O) groups is 1. The number of hydrogen-bond acceptors (Lipinski definition) is 4. The van der Waals surface area contributed by atoms with E-state index in [1.807, 2.05) is 36.4 Å². The minimum Gasteiger partial charge on any atom is -0.461 e. The van der Waals surface area contributed by atoms with Crippen LogP contribution in [0.3, 0.4) is 0 Å². The number of hydrogen-bond donors (Lipinski definition) is 0. The van der Waals surface area contributed by atoms with E-state index in [1.165, 1.54) is 12.8 Å². The van der Waals surface area contributed by atoms with Crippen LogP contribution in [0.5, 0.6) is 0 Å². The molecule has 1 heterocycles. The van der Waals surface area contributed by atoms with Gasteiger partial charge >= 0.3 is 5.97 Å². The second-order valence-electron chi connectivity index (χ2n) is 7.21. The molecule has 0 N–H and O–H groups in total. The summed E-state index contributed by atoms with van der Waals surface area (Å²) in [5.74, 6) is -0.340. The van der Waals surface area contributed by atoms with Crippen LogP contribution < -0.4 is 5.43 Å². The predicted molar refractivity (Wildman–Crippen MR) is 108 cm³/mol. The summed E-state index contributed by atoms with van der Waals surface area (Å²) in [6, 6.07) is 17.1. The molecule has 1 unspecified atom stereocenters. The SMILES string of the molecule is CC1CCCN1CCOC(=O)c1ccc2c(=O)c3ccccc3ccc2c1. The highest BCUT2D eigenvalue weighted by molar-refractivity contribution is 5.98. The normalized spacial score (nSPS) is 17.4. The Morgan fingerprint density at radius 3 is 2.67 bits per heavy atom. The molecule has 0 radical (unpaired) electrons. The summed E-state index contributed by atoms with van der Waals surface area (Å²) in [5.41, 5.74) is 0.458. The van der Waals surface area contributed by atoms with Crippen molar-refractivity contribution in [3.63, 3.8) is 0 Å². The number of benzene rings is 2. The first-order chi connectivity index (χ1) is 13.1. The van der Waals surface area contributed by atoms with Gasteiger partial charge in [0.05, 0.1) is 5.56 Å². The molecular formula is C23H23NO3. The molecule has 1 aliphatic heterocycles. The summed E-state index contributed by atoms with van der Waals surface area (Å²) in [7, 11) is 0. The lowest BCUT2D eigenvalue weighted by atomic mass is 10.1. The van der Waals surface area contributed by atoms with Gasteiger partial charge in [0, 0.05) is 23.4 Å². The summed E-state index contributed by atoms with van der Waals surface area (Å²) < 4.78 is 5.46. The van der Waals surface area contributed by atoms with Gasteiger partial charge in [-0.15, -0.1) is 0 Å². The van der Waals surface area contributed by atoms with Crippen molar-refractivity contribution in [2.75, 3.05) is 19.7 Å². The molecule has 0 aliphatic carbocycles. The van der Waals surface area contributed by atoms with Crippen molar-refractivity contribution in [3.05, 3.63) is 70.4 Å². The maximum absolute atomic E-state index is 12.8. The van der Waals surface area contributed by atoms with E-state index >= 15 is 0 Å². The fraction of sp³-hybridized carbons (Fsp3) is 0.304. The molecule has 1 fully saturated rings. The van der Waals surface area contributed by atoms with Crippen molar-refractivity contribution >= 4 is 27.5 Å². The largest absolute Gasteiger partial charge is 0.461 e. The Hall–Kier alpha value is -2.72. The van der Waals surface area contributed by atoms with Gasteiger partial charge in [-0.2, -0.15) is 0 Å². The summed E-state index contributed by atoms with van der Waals surface area (Å²) in [5, 5.41) is 2.93. The number of ether oxygens (including phenoxy) is 1. The first-order valence-electron chi connectivity index (χ1n) is 9.50. The van der Waals surface area contributed by atoms with Crippen LogP contribution in [-0.4, -0.2) is 36.6 Å². The zero-order valence-electron chi connectivity index (χ0n) is 15.5. The minimum atomic E-state index is -0.340. The fourth-order valence-electron chi connectivity index (χ4n) is 3.87. The lowest BCUT2D eigenvalue weighted by Gasteiger charge is -2.20. The zero-order valence-corrected chi connectivity index (χ0v) is 15.5. The maximum Gasteiger partial charge on any atom is 0.338 e. The quantitative estimate of drug-likeness (QED) is 0.659. The highest BCUT2D eigenvalue weighted by Gasteiger charge is 2.20. The fourth-order valence-corrected chi connectivity index (χ4v) is 3.87. The molecule has 0 bridgehead atoms. The molecule has 27 heavy (non-hydrogen) atoms. The zero-order chi connectivity index (χ0) is 18.8. The molecule has 3 aromatic rings. The van der Waals surface area contributed by atoms with Gasteiger partial charge in [0.15, 0.2) is 5.43 Å². The van der Waals surface area contributed by atoms with Crippen LogP contribution in [0.1, 0.15) is 30.1 Å². The van der Waals surface area contributed by atoms with Crippen molar-refractivity contribution in [2.24, 2.45) is 0 Å². The number of esters is 1. The third-order valence-corrected chi connectivity index (χ3v) is 5.48. The van der Waals surface area contributed by atoms with Crippen LogP contribution in [0.25, 0.3) is 21.5 Å². The molecular weight excluding hydrogens is 338 g/mol. The van der Waals surface area contributed by atoms with Crippen molar-refractivity contribution in [1.82, 2.24) is 4.90 Å². The first-order valence-corrected chi connectivity index (χ1v) is 9.50. The molecule has 0 amide bonds. The van der Waals surface area contributed by atoms with E-state index in [-0.39, 0.29) is 11.4 Å². The summed E-state index contributed by atoms with van der Waals surface area (Å²) in [6.45, 7) is 4.44. The summed E-state index contributed by atoms with van der Waals surface area (Å²) in [6.07, 6.45) is 2.42. The third kappa shape index (κ3) is 3.58. The van der Waals surface area contributed by atoms with Gasteiger partial charge in [-0.05, 0) is 55.3 Å². The van der Waals surface area contributed by atoms with E-state index < -0.39 is 0 Å². The summed E-state index contributed by atoms with van der Waals surface area (Å²) in [4.78, 5) is 27.6. The van der Waals surface area contributed by atoms with Crippen molar-refractivity contribution in [2.45, 2.75) is 25.8 Å². The van der Waals surface area contributed by atoms with Crippen LogP contribution >= 0.6 is 0 Å². The monoisotopic (exact) mass is 361 g/mol.